The van der Waals surface area contributed by atoms with Crippen molar-refractivity contribution in [2.45, 2.75) is 13.5 Å². The van der Waals surface area contributed by atoms with Crippen molar-refractivity contribution >= 4 is 0 Å². The van der Waals surface area contributed by atoms with Crippen LogP contribution in [0.15, 0.2) is 24.4 Å². The molecule has 0 saturated heterocycles. The van der Waals surface area contributed by atoms with Crippen LogP contribution in [0, 0.1) is 6.92 Å². The molecule has 0 fully saturated rings. The van der Waals surface area contributed by atoms with Crippen LogP contribution in [0.3, 0.4) is 0 Å². The summed E-state index contributed by atoms with van der Waals surface area (Å²) in [6.45, 7) is 3.12. The van der Waals surface area contributed by atoms with Gasteiger partial charge in [-0.25, -0.2) is 4.68 Å². The zero-order valence-corrected chi connectivity index (χ0v) is 10.4. The third-order valence-corrected chi connectivity index (χ3v) is 2.99. The van der Waals surface area contributed by atoms with Crippen molar-refractivity contribution in [1.82, 2.24) is 15.1 Å². The Labute approximate surface area is 105 Å². The predicted octanol–water partition coefficient (Wildman–Crippen LogP) is 1.63. The Kier molecular flexibility index (Phi) is 2.68. The zero-order chi connectivity index (χ0) is 12.5. The zero-order valence-electron chi connectivity index (χ0n) is 10.4. The molecule has 0 amide bonds. The van der Waals surface area contributed by atoms with Gasteiger partial charge in [0.05, 0.1) is 11.4 Å². The van der Waals surface area contributed by atoms with Crippen LogP contribution < -0.4 is 14.8 Å². The van der Waals surface area contributed by atoms with E-state index < -0.39 is 0 Å². The molecule has 1 aromatic heterocycles. The number of rotatable bonds is 3. The fourth-order valence-electron chi connectivity index (χ4n) is 2.02. The highest BCUT2D eigenvalue weighted by molar-refractivity contribution is 5.50. The second kappa shape index (κ2) is 4.34. The number of hydrogen-bond donors (Lipinski definition) is 1. The molecule has 1 aliphatic rings. The van der Waals surface area contributed by atoms with E-state index in [0.717, 1.165) is 29.4 Å². The first-order valence-electron chi connectivity index (χ1n) is 5.87. The first-order valence-corrected chi connectivity index (χ1v) is 5.87. The molecule has 0 spiro atoms. The van der Waals surface area contributed by atoms with Gasteiger partial charge in [0, 0.05) is 24.4 Å². The second-order valence-electron chi connectivity index (χ2n) is 4.25. The van der Waals surface area contributed by atoms with E-state index in [-0.39, 0.29) is 0 Å². The highest BCUT2D eigenvalue weighted by Crippen LogP contribution is 2.33. The van der Waals surface area contributed by atoms with Crippen molar-refractivity contribution in [2.24, 2.45) is 0 Å². The van der Waals surface area contributed by atoms with E-state index in [2.05, 4.69) is 10.4 Å². The first kappa shape index (κ1) is 11.1. The molecule has 3 rings (SSSR count). The quantitative estimate of drug-likeness (QED) is 0.893. The number of hydrogen-bond acceptors (Lipinski definition) is 4. The van der Waals surface area contributed by atoms with Gasteiger partial charge in [0.25, 0.3) is 0 Å². The lowest BCUT2D eigenvalue weighted by Crippen LogP contribution is -2.05. The van der Waals surface area contributed by atoms with Gasteiger partial charge >= 0.3 is 0 Å². The molecule has 0 saturated carbocycles. The number of ether oxygens (including phenoxy) is 2. The van der Waals surface area contributed by atoms with Crippen molar-refractivity contribution in [2.75, 3.05) is 13.8 Å². The maximum atomic E-state index is 5.37. The molecule has 1 aliphatic heterocycles. The molecule has 0 radical (unpaired) electrons. The van der Waals surface area contributed by atoms with Crippen molar-refractivity contribution in [3.63, 3.8) is 0 Å². The predicted molar refractivity (Wildman–Crippen MR) is 67.2 cm³/mol. The summed E-state index contributed by atoms with van der Waals surface area (Å²) >= 11 is 0. The minimum Gasteiger partial charge on any atom is -0.454 e. The van der Waals surface area contributed by atoms with E-state index in [9.17, 15) is 0 Å². The highest BCUT2D eigenvalue weighted by atomic mass is 16.7. The van der Waals surface area contributed by atoms with E-state index in [1.54, 1.807) is 0 Å². The number of nitrogens with zero attached hydrogens (tertiary/aromatic N) is 2. The van der Waals surface area contributed by atoms with Crippen LogP contribution in [-0.4, -0.2) is 23.6 Å². The van der Waals surface area contributed by atoms with Crippen LogP contribution in [0.25, 0.3) is 5.69 Å². The lowest BCUT2D eigenvalue weighted by atomic mass is 10.2. The summed E-state index contributed by atoms with van der Waals surface area (Å²) in [5.41, 5.74) is 3.20. The van der Waals surface area contributed by atoms with Gasteiger partial charge in [-0.3, -0.25) is 0 Å². The number of nitrogens with one attached hydrogen (secondary N) is 1. The summed E-state index contributed by atoms with van der Waals surface area (Å²) in [6.07, 6.45) is 2.03. The fraction of sp³-hybridized carbons (Fsp3) is 0.308. The molecule has 1 N–H and O–H groups in total. The van der Waals surface area contributed by atoms with Crippen LogP contribution >= 0.6 is 0 Å². The Hall–Kier alpha value is -2.01. The smallest absolute Gasteiger partial charge is 0.231 e. The molecule has 0 unspecified atom stereocenters. The lowest BCUT2D eigenvalue weighted by Gasteiger charge is -2.02. The Morgan fingerprint density at radius 3 is 3.00 bits per heavy atom. The van der Waals surface area contributed by atoms with Crippen molar-refractivity contribution < 1.29 is 9.47 Å². The molecule has 2 heterocycles. The average Bonchev–Trinajstić information content (AvgIpc) is 2.96. The van der Waals surface area contributed by atoms with Crippen molar-refractivity contribution in [1.29, 1.82) is 0 Å². The Morgan fingerprint density at radius 2 is 2.17 bits per heavy atom. The maximum Gasteiger partial charge on any atom is 0.231 e. The summed E-state index contributed by atoms with van der Waals surface area (Å²) in [4.78, 5) is 0. The lowest BCUT2D eigenvalue weighted by molar-refractivity contribution is 0.174. The van der Waals surface area contributed by atoms with Gasteiger partial charge in [-0.2, -0.15) is 5.10 Å². The molecule has 94 valence electrons. The SMILES string of the molecule is CNCc1cn(-c2ccc3c(c2)OCO3)nc1C. The molecule has 0 bridgehead atoms. The molecule has 0 aliphatic carbocycles. The summed E-state index contributed by atoms with van der Waals surface area (Å²) in [6, 6.07) is 5.83. The van der Waals surface area contributed by atoms with Gasteiger partial charge in [-0.15, -0.1) is 0 Å². The number of aryl methyl sites for hydroxylation is 1. The van der Waals surface area contributed by atoms with Gasteiger partial charge in [-0.05, 0) is 26.1 Å². The van der Waals surface area contributed by atoms with Crippen LogP contribution in [0.4, 0.5) is 0 Å². The Bertz CT molecular complexity index is 578. The van der Waals surface area contributed by atoms with E-state index in [0.29, 0.717) is 6.79 Å². The van der Waals surface area contributed by atoms with Gasteiger partial charge < -0.3 is 14.8 Å². The van der Waals surface area contributed by atoms with E-state index >= 15 is 0 Å². The average molecular weight is 245 g/mol. The fourth-order valence-corrected chi connectivity index (χ4v) is 2.02. The third kappa shape index (κ3) is 1.82. The maximum absolute atomic E-state index is 5.37. The number of benzene rings is 1. The van der Waals surface area contributed by atoms with Crippen molar-refractivity contribution in [3.05, 3.63) is 35.7 Å². The third-order valence-electron chi connectivity index (χ3n) is 2.99. The number of aromatic nitrogens is 2. The molecule has 5 nitrogen and oxygen atoms in total. The highest BCUT2D eigenvalue weighted by Gasteiger charge is 2.14. The first-order chi connectivity index (χ1) is 8.78. The molecule has 2 aromatic rings. The van der Waals surface area contributed by atoms with Gasteiger partial charge in [-0.1, -0.05) is 0 Å². The van der Waals surface area contributed by atoms with E-state index in [1.807, 2.05) is 43.0 Å². The Morgan fingerprint density at radius 1 is 1.33 bits per heavy atom. The largest absolute Gasteiger partial charge is 0.454 e. The molecule has 1 aromatic carbocycles. The van der Waals surface area contributed by atoms with Crippen LogP contribution in [0.2, 0.25) is 0 Å². The summed E-state index contributed by atoms with van der Waals surface area (Å²) in [7, 11) is 1.93. The normalized spacial score (nSPS) is 13.0. The molecule has 0 atom stereocenters. The van der Waals surface area contributed by atoms with Gasteiger partial charge in [0.15, 0.2) is 11.5 Å². The molecule has 5 heteroatoms. The minimum atomic E-state index is 0.294. The van der Waals surface area contributed by atoms with Gasteiger partial charge in [0.2, 0.25) is 6.79 Å². The minimum absolute atomic E-state index is 0.294. The van der Waals surface area contributed by atoms with Gasteiger partial charge in [0.1, 0.15) is 0 Å². The number of fused-ring (bicyclic) bond motifs is 1. The van der Waals surface area contributed by atoms with Crippen LogP contribution in [-0.2, 0) is 6.54 Å². The van der Waals surface area contributed by atoms with E-state index in [1.165, 1.54) is 5.56 Å². The van der Waals surface area contributed by atoms with Crippen LogP contribution in [0.1, 0.15) is 11.3 Å². The molecular formula is C13H15N3O2. The Balaban J connectivity index is 1.97. The second-order valence-corrected chi connectivity index (χ2v) is 4.25. The van der Waals surface area contributed by atoms with Crippen molar-refractivity contribution in [3.8, 4) is 17.2 Å². The molecular weight excluding hydrogens is 230 g/mol. The standard InChI is InChI=1S/C13H15N3O2/c1-9-10(6-14-2)7-16(15-9)11-3-4-12-13(5-11)18-8-17-12/h3-5,7,14H,6,8H2,1-2H3. The van der Waals surface area contributed by atoms with Crippen LogP contribution in [0.5, 0.6) is 11.5 Å². The van der Waals surface area contributed by atoms with E-state index in [4.69, 9.17) is 9.47 Å². The topological polar surface area (TPSA) is 48.3 Å². The summed E-state index contributed by atoms with van der Waals surface area (Å²) in [5.74, 6) is 1.56. The monoisotopic (exact) mass is 245 g/mol. The summed E-state index contributed by atoms with van der Waals surface area (Å²) < 4.78 is 12.5. The summed E-state index contributed by atoms with van der Waals surface area (Å²) in [5, 5.41) is 7.64. The molecule has 18 heavy (non-hydrogen) atoms.